The molecular weight excluding hydrogens is 280 g/mol. The second kappa shape index (κ2) is 5.91. The van der Waals surface area contributed by atoms with Crippen LogP contribution >= 0.6 is 11.3 Å². The second-order valence-electron chi connectivity index (χ2n) is 5.29. The van der Waals surface area contributed by atoms with E-state index in [-0.39, 0.29) is 0 Å². The molecule has 1 heterocycles. The molecule has 0 saturated heterocycles. The van der Waals surface area contributed by atoms with Crippen molar-refractivity contribution in [1.82, 2.24) is 9.62 Å². The maximum Gasteiger partial charge on any atom is 0.243 e. The summed E-state index contributed by atoms with van der Waals surface area (Å²) in [5.74, 6) is 1.21. The lowest BCUT2D eigenvalue weighted by Gasteiger charge is -2.15. The Kier molecular flexibility index (Phi) is 4.66. The molecule has 0 amide bonds. The first-order valence-electron chi connectivity index (χ1n) is 6.69. The number of sulfonamides is 1. The fraction of sp³-hybridized carbons (Fsp3) is 0.692. The summed E-state index contributed by atoms with van der Waals surface area (Å²) in [7, 11) is -1.62. The van der Waals surface area contributed by atoms with E-state index in [1.165, 1.54) is 15.6 Å². The van der Waals surface area contributed by atoms with Gasteiger partial charge >= 0.3 is 0 Å². The minimum absolute atomic E-state index is 0.432. The molecule has 19 heavy (non-hydrogen) atoms. The summed E-state index contributed by atoms with van der Waals surface area (Å²) in [6.07, 6.45) is 1.15. The molecule has 0 spiro atoms. The van der Waals surface area contributed by atoms with Gasteiger partial charge in [0.05, 0.1) is 4.90 Å². The molecule has 1 N–H and O–H groups in total. The number of hydrogen-bond acceptors (Lipinski definition) is 4. The molecule has 1 aliphatic rings. The summed E-state index contributed by atoms with van der Waals surface area (Å²) in [6.45, 7) is 6.47. The van der Waals surface area contributed by atoms with Gasteiger partial charge in [-0.05, 0) is 30.9 Å². The monoisotopic (exact) mass is 302 g/mol. The standard InChI is InChI=1S/C13H22N2O2S2/c1-4-14-7-12-6-13(9-18-12)19(16,17)15(3)8-11-5-10(11)2/h6,9-11,14H,4-5,7-8H2,1-3H3. The Bertz CT molecular complexity index is 525. The zero-order chi connectivity index (χ0) is 14.0. The molecule has 1 saturated carbocycles. The van der Waals surface area contributed by atoms with E-state index in [0.29, 0.717) is 23.3 Å². The SMILES string of the molecule is CCNCc1cc(S(=O)(=O)N(C)CC2CC2C)cs1. The highest BCUT2D eigenvalue weighted by Gasteiger charge is 2.36. The van der Waals surface area contributed by atoms with Crippen LogP contribution in [0.25, 0.3) is 0 Å². The molecule has 0 aromatic carbocycles. The van der Waals surface area contributed by atoms with Crippen molar-refractivity contribution in [2.24, 2.45) is 11.8 Å². The number of nitrogens with zero attached hydrogens (tertiary/aromatic N) is 1. The predicted molar refractivity (Wildman–Crippen MR) is 78.8 cm³/mol. The highest BCUT2D eigenvalue weighted by Crippen LogP contribution is 2.38. The summed E-state index contributed by atoms with van der Waals surface area (Å²) in [6, 6.07) is 1.79. The molecule has 0 bridgehead atoms. The highest BCUT2D eigenvalue weighted by molar-refractivity contribution is 7.89. The lowest BCUT2D eigenvalue weighted by molar-refractivity contribution is 0.445. The van der Waals surface area contributed by atoms with Crippen LogP contribution in [-0.4, -0.2) is 32.9 Å². The van der Waals surface area contributed by atoms with Crippen molar-refractivity contribution >= 4 is 21.4 Å². The van der Waals surface area contributed by atoms with Crippen LogP contribution in [0, 0.1) is 11.8 Å². The Labute approximate surface area is 119 Å². The van der Waals surface area contributed by atoms with Crippen molar-refractivity contribution in [3.8, 4) is 0 Å². The van der Waals surface area contributed by atoms with Gasteiger partial charge in [-0.3, -0.25) is 0 Å². The van der Waals surface area contributed by atoms with Crippen molar-refractivity contribution < 1.29 is 8.42 Å². The first-order chi connectivity index (χ1) is 8.95. The molecule has 0 radical (unpaired) electrons. The van der Waals surface area contributed by atoms with Gasteiger partial charge in [0.25, 0.3) is 0 Å². The smallest absolute Gasteiger partial charge is 0.243 e. The van der Waals surface area contributed by atoms with Crippen LogP contribution in [0.15, 0.2) is 16.3 Å². The normalized spacial score (nSPS) is 22.9. The van der Waals surface area contributed by atoms with Gasteiger partial charge in [-0.2, -0.15) is 0 Å². The third kappa shape index (κ3) is 3.56. The van der Waals surface area contributed by atoms with E-state index in [2.05, 4.69) is 12.2 Å². The van der Waals surface area contributed by atoms with Crippen molar-refractivity contribution in [3.05, 3.63) is 16.3 Å². The largest absolute Gasteiger partial charge is 0.312 e. The van der Waals surface area contributed by atoms with Gasteiger partial charge in [0.15, 0.2) is 0 Å². The lowest BCUT2D eigenvalue weighted by atomic mass is 10.3. The van der Waals surface area contributed by atoms with Gasteiger partial charge < -0.3 is 5.32 Å². The second-order valence-corrected chi connectivity index (χ2v) is 8.33. The highest BCUT2D eigenvalue weighted by atomic mass is 32.2. The van der Waals surface area contributed by atoms with E-state index in [1.807, 2.05) is 6.92 Å². The number of thiophene rings is 1. The maximum atomic E-state index is 12.4. The fourth-order valence-electron chi connectivity index (χ4n) is 2.10. The molecule has 2 atom stereocenters. The first-order valence-corrected chi connectivity index (χ1v) is 9.01. The third-order valence-electron chi connectivity index (χ3n) is 3.65. The molecule has 1 fully saturated rings. The van der Waals surface area contributed by atoms with Crippen LogP contribution in [0.3, 0.4) is 0 Å². The summed E-state index contributed by atoms with van der Waals surface area (Å²) in [5, 5.41) is 4.95. The summed E-state index contributed by atoms with van der Waals surface area (Å²) < 4.78 is 26.3. The minimum Gasteiger partial charge on any atom is -0.312 e. The van der Waals surface area contributed by atoms with E-state index in [9.17, 15) is 8.42 Å². The Morgan fingerprint density at radius 1 is 1.53 bits per heavy atom. The predicted octanol–water partition coefficient (Wildman–Crippen LogP) is 2.13. The maximum absolute atomic E-state index is 12.4. The van der Waals surface area contributed by atoms with E-state index in [1.54, 1.807) is 18.5 Å². The molecule has 6 heteroatoms. The van der Waals surface area contributed by atoms with E-state index < -0.39 is 10.0 Å². The molecule has 108 valence electrons. The van der Waals surface area contributed by atoms with Gasteiger partial charge in [-0.25, -0.2) is 12.7 Å². The molecule has 2 rings (SSSR count). The molecule has 1 aliphatic carbocycles. The molecule has 1 aromatic heterocycles. The van der Waals surface area contributed by atoms with Gasteiger partial charge in [-0.15, -0.1) is 11.3 Å². The summed E-state index contributed by atoms with van der Waals surface area (Å²) in [4.78, 5) is 1.50. The third-order valence-corrected chi connectivity index (χ3v) is 6.54. The van der Waals surface area contributed by atoms with Crippen LogP contribution in [-0.2, 0) is 16.6 Å². The van der Waals surface area contributed by atoms with Gasteiger partial charge in [0.1, 0.15) is 0 Å². The molecular formula is C13H22N2O2S2. The quantitative estimate of drug-likeness (QED) is 0.839. The van der Waals surface area contributed by atoms with Crippen molar-refractivity contribution in [1.29, 1.82) is 0 Å². The van der Waals surface area contributed by atoms with Gasteiger partial charge in [-0.1, -0.05) is 13.8 Å². The van der Waals surface area contributed by atoms with Crippen LogP contribution in [0.4, 0.5) is 0 Å². The minimum atomic E-state index is -3.31. The van der Waals surface area contributed by atoms with Crippen molar-refractivity contribution in [2.45, 2.75) is 31.7 Å². The fourth-order valence-corrected chi connectivity index (χ4v) is 4.56. The van der Waals surface area contributed by atoms with E-state index in [4.69, 9.17) is 0 Å². The Hall–Kier alpha value is -0.430. The van der Waals surface area contributed by atoms with Crippen molar-refractivity contribution in [2.75, 3.05) is 20.1 Å². The zero-order valence-electron chi connectivity index (χ0n) is 11.7. The number of rotatable bonds is 7. The Balaban J connectivity index is 2.03. The molecule has 4 nitrogen and oxygen atoms in total. The molecule has 2 unspecified atom stereocenters. The average molecular weight is 302 g/mol. The number of nitrogens with one attached hydrogen (secondary N) is 1. The van der Waals surface area contributed by atoms with E-state index >= 15 is 0 Å². The van der Waals surface area contributed by atoms with Gasteiger partial charge in [0, 0.05) is 30.4 Å². The van der Waals surface area contributed by atoms with Crippen LogP contribution in [0.5, 0.6) is 0 Å². The lowest BCUT2D eigenvalue weighted by Crippen LogP contribution is -2.29. The first kappa shape index (κ1) is 15.0. The van der Waals surface area contributed by atoms with Gasteiger partial charge in [0.2, 0.25) is 10.0 Å². The van der Waals surface area contributed by atoms with Crippen molar-refractivity contribution in [3.63, 3.8) is 0 Å². The molecule has 0 aliphatic heterocycles. The van der Waals surface area contributed by atoms with E-state index in [0.717, 1.165) is 24.4 Å². The Morgan fingerprint density at radius 3 is 2.79 bits per heavy atom. The summed E-state index contributed by atoms with van der Waals surface area (Å²) >= 11 is 1.50. The average Bonchev–Trinajstić information content (AvgIpc) is 2.88. The summed E-state index contributed by atoms with van der Waals surface area (Å²) in [5.41, 5.74) is 0. The molecule has 1 aromatic rings. The van der Waals surface area contributed by atoms with Crippen LogP contribution < -0.4 is 5.32 Å². The number of hydrogen-bond donors (Lipinski definition) is 1. The topological polar surface area (TPSA) is 49.4 Å². The van der Waals surface area contributed by atoms with Crippen LogP contribution in [0.2, 0.25) is 0 Å². The Morgan fingerprint density at radius 2 is 2.21 bits per heavy atom. The zero-order valence-corrected chi connectivity index (χ0v) is 13.4. The van der Waals surface area contributed by atoms with Crippen LogP contribution in [0.1, 0.15) is 25.1 Å².